The summed E-state index contributed by atoms with van der Waals surface area (Å²) >= 11 is 0. The van der Waals surface area contributed by atoms with Crippen LogP contribution >= 0.6 is 0 Å². The smallest absolute Gasteiger partial charge is 0.254 e. The number of aromatic nitrogens is 2. The summed E-state index contributed by atoms with van der Waals surface area (Å²) in [6.07, 6.45) is 4.77. The van der Waals surface area contributed by atoms with Gasteiger partial charge in [0.2, 0.25) is 5.95 Å². The Morgan fingerprint density at radius 1 is 1.11 bits per heavy atom. The Labute approximate surface area is 158 Å². The predicted molar refractivity (Wildman–Crippen MR) is 100 cm³/mol. The van der Waals surface area contributed by atoms with E-state index in [1.807, 2.05) is 31.2 Å². The zero-order valence-electron chi connectivity index (χ0n) is 15.5. The summed E-state index contributed by atoms with van der Waals surface area (Å²) in [5.74, 6) is 0.0529. The molecule has 0 radical (unpaired) electrons. The highest BCUT2D eigenvalue weighted by atomic mass is 16.7. The fraction of sp³-hybridized carbons (Fsp3) is 0.450. The molecule has 0 bridgehead atoms. The molecule has 142 valence electrons. The van der Waals surface area contributed by atoms with Crippen LogP contribution in [0.4, 0.5) is 5.95 Å². The molecule has 1 aromatic carbocycles. The average Bonchev–Trinajstić information content (AvgIpc) is 3.16. The molecule has 27 heavy (non-hydrogen) atoms. The minimum atomic E-state index is -0.410. The number of carbonyl (C=O) groups is 1. The summed E-state index contributed by atoms with van der Waals surface area (Å²) in [4.78, 5) is 23.2. The number of ether oxygens (including phenoxy) is 2. The molecule has 2 aromatic rings. The summed E-state index contributed by atoms with van der Waals surface area (Å²) in [7, 11) is 0. The topological polar surface area (TPSA) is 76.6 Å². The molecular formula is C20H24N4O3. The standard InChI is InChI=1S/C20H24N4O3/c1-15-2-4-16(5-3-15)12-21-18(25)17-13-22-19(23-14-17)24-8-6-20(7-9-24)26-10-11-27-20/h2-5,13-14H,6-12H2,1H3,(H,21,25). The number of nitrogens with one attached hydrogen (secondary N) is 1. The van der Waals surface area contributed by atoms with Crippen LogP contribution in [-0.4, -0.2) is 48.0 Å². The highest BCUT2D eigenvalue weighted by Crippen LogP contribution is 2.32. The van der Waals surface area contributed by atoms with Gasteiger partial charge in [0, 0.05) is 44.9 Å². The van der Waals surface area contributed by atoms with Crippen molar-refractivity contribution in [2.24, 2.45) is 0 Å². The first kappa shape index (κ1) is 17.9. The van der Waals surface area contributed by atoms with Crippen LogP contribution in [0.15, 0.2) is 36.7 Å². The van der Waals surface area contributed by atoms with E-state index in [0.717, 1.165) is 31.5 Å². The molecule has 4 rings (SSSR count). The monoisotopic (exact) mass is 368 g/mol. The third-order valence-electron chi connectivity index (χ3n) is 5.10. The molecular weight excluding hydrogens is 344 g/mol. The van der Waals surface area contributed by atoms with Gasteiger partial charge in [-0.1, -0.05) is 29.8 Å². The third-order valence-corrected chi connectivity index (χ3v) is 5.10. The molecule has 2 fully saturated rings. The van der Waals surface area contributed by atoms with E-state index in [2.05, 4.69) is 20.2 Å². The molecule has 1 aromatic heterocycles. The number of hydrogen-bond acceptors (Lipinski definition) is 6. The van der Waals surface area contributed by atoms with E-state index in [1.165, 1.54) is 5.56 Å². The van der Waals surface area contributed by atoms with Gasteiger partial charge in [0.25, 0.3) is 5.91 Å². The van der Waals surface area contributed by atoms with Crippen LogP contribution in [0.3, 0.4) is 0 Å². The number of carbonyl (C=O) groups excluding carboxylic acids is 1. The first-order valence-corrected chi connectivity index (χ1v) is 9.32. The number of aryl methyl sites for hydroxylation is 1. The maximum atomic E-state index is 12.3. The van der Waals surface area contributed by atoms with E-state index in [9.17, 15) is 4.79 Å². The van der Waals surface area contributed by atoms with Gasteiger partial charge in [-0.25, -0.2) is 9.97 Å². The average molecular weight is 368 g/mol. The Morgan fingerprint density at radius 2 is 1.74 bits per heavy atom. The number of anilines is 1. The lowest BCUT2D eigenvalue weighted by atomic mass is 10.0. The van der Waals surface area contributed by atoms with Crippen molar-refractivity contribution in [3.63, 3.8) is 0 Å². The summed E-state index contributed by atoms with van der Waals surface area (Å²) < 4.78 is 11.5. The molecule has 1 spiro atoms. The first-order chi connectivity index (χ1) is 13.1. The van der Waals surface area contributed by atoms with Crippen LogP contribution in [0.5, 0.6) is 0 Å². The fourth-order valence-corrected chi connectivity index (χ4v) is 3.43. The van der Waals surface area contributed by atoms with E-state index in [4.69, 9.17) is 9.47 Å². The maximum Gasteiger partial charge on any atom is 0.254 e. The quantitative estimate of drug-likeness (QED) is 0.890. The van der Waals surface area contributed by atoms with Gasteiger partial charge in [0.05, 0.1) is 18.8 Å². The molecule has 2 aliphatic rings. The van der Waals surface area contributed by atoms with Crippen LogP contribution in [0.1, 0.15) is 34.3 Å². The molecule has 2 saturated heterocycles. The summed E-state index contributed by atoms with van der Waals surface area (Å²) in [5.41, 5.74) is 2.72. The number of amides is 1. The first-order valence-electron chi connectivity index (χ1n) is 9.32. The van der Waals surface area contributed by atoms with Gasteiger partial charge in [-0.15, -0.1) is 0 Å². The Morgan fingerprint density at radius 3 is 2.37 bits per heavy atom. The Bertz CT molecular complexity index is 776. The molecule has 1 amide bonds. The van der Waals surface area contributed by atoms with Crippen LogP contribution in [0, 0.1) is 6.92 Å². The van der Waals surface area contributed by atoms with Crippen LogP contribution in [-0.2, 0) is 16.0 Å². The Hall–Kier alpha value is -2.51. The van der Waals surface area contributed by atoms with Crippen molar-refractivity contribution in [2.45, 2.75) is 32.1 Å². The van der Waals surface area contributed by atoms with Crippen molar-refractivity contribution >= 4 is 11.9 Å². The van der Waals surface area contributed by atoms with Gasteiger partial charge in [0.1, 0.15) is 0 Å². The normalized spacial score (nSPS) is 18.6. The molecule has 7 nitrogen and oxygen atoms in total. The fourth-order valence-electron chi connectivity index (χ4n) is 3.43. The highest BCUT2D eigenvalue weighted by Gasteiger charge is 2.40. The molecule has 0 saturated carbocycles. The van der Waals surface area contributed by atoms with Crippen molar-refractivity contribution in [1.82, 2.24) is 15.3 Å². The van der Waals surface area contributed by atoms with Crippen LogP contribution < -0.4 is 10.2 Å². The molecule has 0 atom stereocenters. The third kappa shape index (κ3) is 4.09. The second-order valence-corrected chi connectivity index (χ2v) is 7.03. The predicted octanol–water partition coefficient (Wildman–Crippen LogP) is 2.06. The Balaban J connectivity index is 1.32. The van der Waals surface area contributed by atoms with Gasteiger partial charge in [0.15, 0.2) is 5.79 Å². The SMILES string of the molecule is Cc1ccc(CNC(=O)c2cnc(N3CCC4(CC3)OCCO4)nc2)cc1. The van der Waals surface area contributed by atoms with Crippen molar-refractivity contribution in [2.75, 3.05) is 31.2 Å². The van der Waals surface area contributed by atoms with E-state index < -0.39 is 5.79 Å². The van der Waals surface area contributed by atoms with Crippen molar-refractivity contribution in [3.05, 3.63) is 53.3 Å². The maximum absolute atomic E-state index is 12.3. The molecule has 1 N–H and O–H groups in total. The minimum Gasteiger partial charge on any atom is -0.348 e. The molecule has 7 heteroatoms. The van der Waals surface area contributed by atoms with E-state index in [-0.39, 0.29) is 5.91 Å². The second kappa shape index (κ2) is 7.62. The van der Waals surface area contributed by atoms with Crippen molar-refractivity contribution in [3.8, 4) is 0 Å². The van der Waals surface area contributed by atoms with Gasteiger partial charge in [-0.3, -0.25) is 4.79 Å². The Kier molecular flexibility index (Phi) is 5.05. The number of benzene rings is 1. The van der Waals surface area contributed by atoms with Crippen LogP contribution in [0.25, 0.3) is 0 Å². The lowest BCUT2D eigenvalue weighted by Crippen LogP contribution is -2.45. The zero-order chi connectivity index (χ0) is 18.7. The van der Waals surface area contributed by atoms with Gasteiger partial charge >= 0.3 is 0 Å². The molecule has 2 aliphatic heterocycles. The minimum absolute atomic E-state index is 0.174. The lowest BCUT2D eigenvalue weighted by molar-refractivity contribution is -0.169. The van der Waals surface area contributed by atoms with E-state index in [1.54, 1.807) is 12.4 Å². The number of hydrogen-bond donors (Lipinski definition) is 1. The van der Waals surface area contributed by atoms with Gasteiger partial charge in [-0.2, -0.15) is 0 Å². The number of piperidine rings is 1. The second-order valence-electron chi connectivity index (χ2n) is 7.03. The van der Waals surface area contributed by atoms with Gasteiger partial charge < -0.3 is 19.7 Å². The summed E-state index contributed by atoms with van der Waals surface area (Å²) in [5, 5.41) is 2.90. The number of nitrogens with zero attached hydrogens (tertiary/aromatic N) is 3. The highest BCUT2D eigenvalue weighted by molar-refractivity contribution is 5.93. The van der Waals surface area contributed by atoms with E-state index >= 15 is 0 Å². The molecule has 3 heterocycles. The summed E-state index contributed by atoms with van der Waals surface area (Å²) in [6.45, 7) is 5.41. The zero-order valence-corrected chi connectivity index (χ0v) is 15.5. The van der Waals surface area contributed by atoms with E-state index in [0.29, 0.717) is 31.3 Å². The molecule has 0 unspecified atom stereocenters. The van der Waals surface area contributed by atoms with Crippen molar-refractivity contribution in [1.29, 1.82) is 0 Å². The molecule has 0 aliphatic carbocycles. The summed E-state index contributed by atoms with van der Waals surface area (Å²) in [6, 6.07) is 8.08. The number of rotatable bonds is 4. The largest absolute Gasteiger partial charge is 0.348 e. The lowest BCUT2D eigenvalue weighted by Gasteiger charge is -2.37. The van der Waals surface area contributed by atoms with Crippen LogP contribution in [0.2, 0.25) is 0 Å². The van der Waals surface area contributed by atoms with Gasteiger partial charge in [-0.05, 0) is 12.5 Å². The van der Waals surface area contributed by atoms with Crippen molar-refractivity contribution < 1.29 is 14.3 Å².